The molecule has 10 nitrogen and oxygen atoms in total. The van der Waals surface area contributed by atoms with E-state index in [0.717, 1.165) is 6.42 Å². The zero-order valence-corrected chi connectivity index (χ0v) is 17.0. The summed E-state index contributed by atoms with van der Waals surface area (Å²) in [4.78, 5) is 42.3. The van der Waals surface area contributed by atoms with Crippen LogP contribution in [-0.2, 0) is 19.1 Å². The minimum atomic E-state index is -0.979. The summed E-state index contributed by atoms with van der Waals surface area (Å²) in [6.45, 7) is 2.95. The lowest BCUT2D eigenvalue weighted by molar-refractivity contribution is -0.137. The molecule has 0 aromatic carbocycles. The van der Waals surface area contributed by atoms with Gasteiger partial charge < -0.3 is 35.4 Å². The normalized spacial score (nSPS) is 37.4. The first kappa shape index (κ1) is 19.5. The smallest absolute Gasteiger partial charge is 0.404 e. The molecule has 5 unspecified atom stereocenters. The molecule has 0 saturated carbocycles. The van der Waals surface area contributed by atoms with Gasteiger partial charge in [0, 0.05) is 43.9 Å². The highest BCUT2D eigenvalue weighted by Crippen LogP contribution is 2.56. The number of carbonyl (C=O) groups is 3. The molecule has 0 spiro atoms. The Kier molecular flexibility index (Phi) is 4.25. The van der Waals surface area contributed by atoms with Gasteiger partial charge in [-0.05, 0) is 19.8 Å². The van der Waals surface area contributed by atoms with Crippen molar-refractivity contribution >= 4 is 17.7 Å². The summed E-state index contributed by atoms with van der Waals surface area (Å²) < 4.78 is 11.1. The number of hydrogen-bond acceptors (Lipinski definition) is 9. The van der Waals surface area contributed by atoms with Crippen LogP contribution in [-0.4, -0.2) is 89.8 Å². The monoisotopic (exact) mass is 418 g/mol. The number of allylic oxidation sites excluding steroid dienone is 2. The van der Waals surface area contributed by atoms with Crippen LogP contribution in [0, 0.1) is 5.92 Å². The molecule has 4 heterocycles. The van der Waals surface area contributed by atoms with Crippen LogP contribution in [0.3, 0.4) is 0 Å². The number of rotatable bonds is 4. The molecule has 3 fully saturated rings. The van der Waals surface area contributed by atoms with E-state index < -0.39 is 23.8 Å². The molecule has 30 heavy (non-hydrogen) atoms. The molecule has 5 atom stereocenters. The fourth-order valence-corrected chi connectivity index (χ4v) is 5.82. The number of likely N-dealkylation sites (tertiary alicyclic amines) is 1. The number of ketones is 2. The van der Waals surface area contributed by atoms with Gasteiger partial charge in [-0.2, -0.15) is 0 Å². The SMILES string of the molecule is COC12C(COC(N)=O)C3=C(C(=O)C(C)=C(N4CCCC(O)C4)C3=O)N1CC1NC12. The third kappa shape index (κ3) is 2.44. The Morgan fingerprint density at radius 1 is 1.30 bits per heavy atom. The summed E-state index contributed by atoms with van der Waals surface area (Å²) in [6.07, 6.45) is -0.0782. The molecule has 3 saturated heterocycles. The highest BCUT2D eigenvalue weighted by molar-refractivity contribution is 6.25. The van der Waals surface area contributed by atoms with Gasteiger partial charge in [0.15, 0.2) is 5.72 Å². The molecule has 0 aromatic rings. The minimum Gasteiger partial charge on any atom is -0.449 e. The predicted octanol–water partition coefficient (Wildman–Crippen LogP) is -1.15. The number of nitrogens with two attached hydrogens (primary N) is 1. The lowest BCUT2D eigenvalue weighted by Crippen LogP contribution is -2.55. The van der Waals surface area contributed by atoms with Crippen molar-refractivity contribution < 1.29 is 29.0 Å². The van der Waals surface area contributed by atoms with Crippen molar-refractivity contribution in [2.45, 2.75) is 43.7 Å². The predicted molar refractivity (Wildman–Crippen MR) is 103 cm³/mol. The minimum absolute atomic E-state index is 0.0734. The summed E-state index contributed by atoms with van der Waals surface area (Å²) in [7, 11) is 1.54. The number of carbonyl (C=O) groups excluding carboxylic acids is 3. The van der Waals surface area contributed by atoms with E-state index in [1.54, 1.807) is 18.9 Å². The van der Waals surface area contributed by atoms with Crippen molar-refractivity contribution in [1.82, 2.24) is 15.1 Å². The van der Waals surface area contributed by atoms with E-state index in [1.807, 2.05) is 4.90 Å². The molecule has 4 aliphatic heterocycles. The fourth-order valence-electron chi connectivity index (χ4n) is 5.82. The van der Waals surface area contributed by atoms with Gasteiger partial charge in [0.2, 0.25) is 11.6 Å². The van der Waals surface area contributed by atoms with E-state index in [2.05, 4.69) is 5.32 Å². The van der Waals surface area contributed by atoms with Crippen LogP contribution in [0.25, 0.3) is 0 Å². The average Bonchev–Trinajstić information content (AvgIpc) is 3.31. The third-order valence-corrected chi connectivity index (χ3v) is 7.11. The van der Waals surface area contributed by atoms with Crippen molar-refractivity contribution in [2.24, 2.45) is 11.7 Å². The molecule has 10 heteroatoms. The van der Waals surface area contributed by atoms with Gasteiger partial charge >= 0.3 is 6.09 Å². The van der Waals surface area contributed by atoms with Crippen LogP contribution in [0.1, 0.15) is 19.8 Å². The summed E-state index contributed by atoms with van der Waals surface area (Å²) in [5.41, 5.74) is 5.59. The van der Waals surface area contributed by atoms with E-state index in [-0.39, 0.29) is 30.3 Å². The zero-order chi connectivity index (χ0) is 21.4. The van der Waals surface area contributed by atoms with Crippen LogP contribution in [0.5, 0.6) is 0 Å². The summed E-state index contributed by atoms with van der Waals surface area (Å²) in [6, 6.07) is 0.0802. The first-order valence-corrected chi connectivity index (χ1v) is 10.3. The van der Waals surface area contributed by atoms with E-state index in [9.17, 15) is 19.5 Å². The molecule has 5 rings (SSSR count). The maximum atomic E-state index is 13.8. The van der Waals surface area contributed by atoms with Crippen molar-refractivity contribution in [3.63, 3.8) is 0 Å². The maximum absolute atomic E-state index is 13.8. The number of primary amides is 1. The van der Waals surface area contributed by atoms with Crippen molar-refractivity contribution in [2.75, 3.05) is 33.4 Å². The van der Waals surface area contributed by atoms with Crippen molar-refractivity contribution in [3.8, 4) is 0 Å². The van der Waals surface area contributed by atoms with Crippen LogP contribution in [0.15, 0.2) is 22.5 Å². The van der Waals surface area contributed by atoms with Gasteiger partial charge in [-0.15, -0.1) is 0 Å². The van der Waals surface area contributed by atoms with Crippen LogP contribution in [0.4, 0.5) is 4.79 Å². The summed E-state index contributed by atoms with van der Waals surface area (Å²) >= 11 is 0. The van der Waals surface area contributed by atoms with Gasteiger partial charge in [0.05, 0.1) is 29.5 Å². The number of nitrogens with zero attached hydrogens (tertiary/aromatic N) is 2. The lowest BCUT2D eigenvalue weighted by atomic mass is 9.81. The number of aliphatic hydroxyl groups excluding tert-OH is 1. The topological polar surface area (TPSA) is 144 Å². The number of piperazine rings is 1. The van der Waals surface area contributed by atoms with Gasteiger partial charge in [-0.1, -0.05) is 0 Å². The largest absolute Gasteiger partial charge is 0.449 e. The first-order valence-electron chi connectivity index (χ1n) is 10.3. The first-order chi connectivity index (χ1) is 14.3. The Bertz CT molecular complexity index is 913. The number of amides is 1. The molecule has 1 aliphatic carbocycles. The maximum Gasteiger partial charge on any atom is 0.404 e. The molecular formula is C20H26N4O6. The Labute approximate surface area is 173 Å². The zero-order valence-electron chi connectivity index (χ0n) is 17.0. The standard InChI is InChI=1S/C20H26N4O6/c1-9-14(23-5-3-4-10(25)6-23)17(27)13-11(8-30-19(21)28)20(29-2)18-12(22-18)7-24(20)15(13)16(9)26/h10-12,18,22,25H,3-8H2,1-2H3,(H2,21,28). The van der Waals surface area contributed by atoms with Crippen LogP contribution >= 0.6 is 0 Å². The summed E-state index contributed by atoms with van der Waals surface area (Å²) in [5, 5.41) is 13.4. The number of aliphatic hydroxyl groups is 1. The van der Waals surface area contributed by atoms with Gasteiger partial charge in [0.25, 0.3) is 0 Å². The van der Waals surface area contributed by atoms with Crippen molar-refractivity contribution in [1.29, 1.82) is 0 Å². The van der Waals surface area contributed by atoms with Crippen LogP contribution < -0.4 is 11.1 Å². The Balaban J connectivity index is 1.58. The summed E-state index contributed by atoms with van der Waals surface area (Å²) in [5.74, 6) is -1.13. The van der Waals surface area contributed by atoms with Gasteiger partial charge in [0.1, 0.15) is 6.61 Å². The number of piperidine rings is 1. The molecule has 0 bridgehead atoms. The molecule has 1 amide bonds. The van der Waals surface area contributed by atoms with E-state index in [4.69, 9.17) is 15.2 Å². The highest BCUT2D eigenvalue weighted by Gasteiger charge is 2.72. The van der Waals surface area contributed by atoms with Crippen molar-refractivity contribution in [3.05, 3.63) is 22.5 Å². The van der Waals surface area contributed by atoms with Gasteiger partial charge in [-0.3, -0.25) is 9.59 Å². The molecule has 0 radical (unpaired) electrons. The number of nitrogens with one attached hydrogen (secondary N) is 1. The Morgan fingerprint density at radius 3 is 2.73 bits per heavy atom. The number of methoxy groups -OCH3 is 1. The molecule has 5 aliphatic rings. The molecule has 4 N–H and O–H groups in total. The number of β-amino-alcohol motifs (C(OH)–C–C–N with tert-alkyl or cyclic N) is 1. The van der Waals surface area contributed by atoms with E-state index in [0.29, 0.717) is 48.6 Å². The second kappa shape index (κ2) is 6.53. The number of fused-ring (bicyclic) bond motifs is 4. The number of ether oxygens (including phenoxy) is 2. The third-order valence-electron chi connectivity index (χ3n) is 7.11. The molecular weight excluding hydrogens is 392 g/mol. The quantitative estimate of drug-likeness (QED) is 0.380. The Morgan fingerprint density at radius 2 is 2.07 bits per heavy atom. The Hall–Kier alpha value is -2.43. The second-order valence-corrected chi connectivity index (χ2v) is 8.64. The van der Waals surface area contributed by atoms with E-state index in [1.165, 1.54) is 0 Å². The fraction of sp³-hybridized carbons (Fsp3) is 0.650. The number of Topliss-reactive ketones (excluding diaryl/α,β-unsaturated/α-hetero) is 2. The number of hydrogen-bond donors (Lipinski definition) is 3. The second-order valence-electron chi connectivity index (χ2n) is 8.64. The average molecular weight is 418 g/mol. The van der Waals surface area contributed by atoms with Crippen LogP contribution in [0.2, 0.25) is 0 Å². The molecule has 162 valence electrons. The molecule has 0 aromatic heterocycles. The van der Waals surface area contributed by atoms with Gasteiger partial charge in [-0.25, -0.2) is 4.79 Å². The lowest BCUT2D eigenvalue weighted by Gasteiger charge is -2.39. The highest BCUT2D eigenvalue weighted by atomic mass is 16.6. The van der Waals surface area contributed by atoms with E-state index >= 15 is 0 Å².